The average molecular weight is 270 g/mol. The van der Waals surface area contributed by atoms with Gasteiger partial charge in [0.1, 0.15) is 11.8 Å². The Morgan fingerprint density at radius 1 is 1.67 bits per heavy atom. The zero-order valence-electron chi connectivity index (χ0n) is 10.9. The molecule has 1 aromatic rings. The summed E-state index contributed by atoms with van der Waals surface area (Å²) >= 11 is 1.74. The Balaban J connectivity index is 2.29. The molecular weight excluding hydrogens is 252 g/mol. The normalized spacial score (nSPS) is 20.1. The molecule has 0 aromatic carbocycles. The lowest BCUT2D eigenvalue weighted by molar-refractivity contribution is 0.0504. The van der Waals surface area contributed by atoms with Crippen molar-refractivity contribution in [2.75, 3.05) is 25.2 Å². The fourth-order valence-corrected chi connectivity index (χ4v) is 2.76. The standard InChI is InChI=1S/C12H18N2O3S/c1-8(2)14-11(9(16-3)6-13-14)12(15)10-7-18-5-4-17-10/h6,8,10H,4-5,7H2,1-3H3. The second-order valence-corrected chi connectivity index (χ2v) is 5.55. The van der Waals surface area contributed by atoms with E-state index in [1.807, 2.05) is 13.8 Å². The van der Waals surface area contributed by atoms with E-state index in [1.54, 1.807) is 29.8 Å². The first-order valence-electron chi connectivity index (χ1n) is 6.00. The minimum Gasteiger partial charge on any atom is -0.493 e. The molecule has 2 heterocycles. The molecular formula is C12H18N2O3S. The zero-order chi connectivity index (χ0) is 13.1. The van der Waals surface area contributed by atoms with E-state index in [0.717, 1.165) is 5.75 Å². The smallest absolute Gasteiger partial charge is 0.214 e. The van der Waals surface area contributed by atoms with Gasteiger partial charge in [-0.1, -0.05) is 0 Å². The summed E-state index contributed by atoms with van der Waals surface area (Å²) in [4.78, 5) is 12.5. The molecule has 0 bridgehead atoms. The Hall–Kier alpha value is -1.01. The summed E-state index contributed by atoms with van der Waals surface area (Å²) in [7, 11) is 1.55. The molecule has 1 aliphatic rings. The molecule has 1 saturated heterocycles. The number of nitrogens with zero attached hydrogens (tertiary/aromatic N) is 2. The first-order chi connectivity index (χ1) is 8.65. The minimum atomic E-state index is -0.383. The van der Waals surface area contributed by atoms with Crippen molar-refractivity contribution < 1.29 is 14.3 Å². The van der Waals surface area contributed by atoms with Crippen molar-refractivity contribution in [3.05, 3.63) is 11.9 Å². The summed E-state index contributed by atoms with van der Waals surface area (Å²) in [5.74, 6) is 2.13. The Morgan fingerprint density at radius 3 is 3.00 bits per heavy atom. The number of ketones is 1. The minimum absolute atomic E-state index is 0.0368. The van der Waals surface area contributed by atoms with Crippen molar-refractivity contribution in [2.24, 2.45) is 0 Å². The third kappa shape index (κ3) is 2.54. The van der Waals surface area contributed by atoms with Crippen LogP contribution >= 0.6 is 11.8 Å². The van der Waals surface area contributed by atoms with Crippen LogP contribution in [0.3, 0.4) is 0 Å². The molecule has 5 nitrogen and oxygen atoms in total. The maximum absolute atomic E-state index is 12.5. The predicted molar refractivity (Wildman–Crippen MR) is 70.6 cm³/mol. The molecule has 0 radical (unpaired) electrons. The number of hydrogen-bond acceptors (Lipinski definition) is 5. The SMILES string of the molecule is COc1cnn(C(C)C)c1C(=O)C1CSCCO1. The third-order valence-corrected chi connectivity index (χ3v) is 3.81. The highest BCUT2D eigenvalue weighted by atomic mass is 32.2. The number of carbonyl (C=O) groups excluding carboxylic acids is 1. The lowest BCUT2D eigenvalue weighted by Crippen LogP contribution is -2.33. The van der Waals surface area contributed by atoms with Crippen LogP contribution in [0.1, 0.15) is 30.4 Å². The summed E-state index contributed by atoms with van der Waals surface area (Å²) in [6.07, 6.45) is 1.20. The maximum Gasteiger partial charge on any atom is 0.214 e. The molecule has 2 rings (SSSR count). The molecule has 1 fully saturated rings. The van der Waals surface area contributed by atoms with E-state index in [0.29, 0.717) is 23.8 Å². The molecule has 1 atom stereocenters. The van der Waals surface area contributed by atoms with Gasteiger partial charge >= 0.3 is 0 Å². The summed E-state index contributed by atoms with van der Waals surface area (Å²) < 4.78 is 12.5. The number of hydrogen-bond donors (Lipinski definition) is 0. The van der Waals surface area contributed by atoms with E-state index in [4.69, 9.17) is 9.47 Å². The van der Waals surface area contributed by atoms with Crippen molar-refractivity contribution >= 4 is 17.5 Å². The number of methoxy groups -OCH3 is 1. The number of carbonyl (C=O) groups is 1. The van der Waals surface area contributed by atoms with Gasteiger partial charge in [-0.3, -0.25) is 9.48 Å². The van der Waals surface area contributed by atoms with Gasteiger partial charge in [0.05, 0.1) is 19.9 Å². The van der Waals surface area contributed by atoms with Crippen LogP contribution < -0.4 is 4.74 Å². The van der Waals surface area contributed by atoms with Gasteiger partial charge in [-0.15, -0.1) is 0 Å². The fraction of sp³-hybridized carbons (Fsp3) is 0.667. The number of thioether (sulfide) groups is 1. The first-order valence-corrected chi connectivity index (χ1v) is 7.15. The maximum atomic E-state index is 12.5. The fourth-order valence-electron chi connectivity index (χ4n) is 1.91. The number of Topliss-reactive ketones (excluding diaryl/α,β-unsaturated/α-hetero) is 1. The molecule has 100 valence electrons. The first kappa shape index (κ1) is 13.4. The van der Waals surface area contributed by atoms with E-state index in [1.165, 1.54) is 0 Å². The molecule has 0 aliphatic carbocycles. The number of aromatic nitrogens is 2. The van der Waals surface area contributed by atoms with Gasteiger partial charge in [-0.2, -0.15) is 16.9 Å². The Labute approximate surface area is 111 Å². The van der Waals surface area contributed by atoms with Crippen LogP contribution in [0.25, 0.3) is 0 Å². The highest BCUT2D eigenvalue weighted by molar-refractivity contribution is 7.99. The van der Waals surface area contributed by atoms with Crippen LogP contribution in [0.15, 0.2) is 6.20 Å². The van der Waals surface area contributed by atoms with Gasteiger partial charge < -0.3 is 9.47 Å². The van der Waals surface area contributed by atoms with E-state index in [9.17, 15) is 4.79 Å². The Morgan fingerprint density at radius 2 is 2.44 bits per heavy atom. The van der Waals surface area contributed by atoms with Crippen molar-refractivity contribution in [1.82, 2.24) is 9.78 Å². The van der Waals surface area contributed by atoms with Crippen LogP contribution in [0.4, 0.5) is 0 Å². The molecule has 0 spiro atoms. The average Bonchev–Trinajstić information content (AvgIpc) is 2.82. The van der Waals surface area contributed by atoms with Gasteiger partial charge in [-0.05, 0) is 13.8 Å². The van der Waals surface area contributed by atoms with Gasteiger partial charge in [0.25, 0.3) is 0 Å². The summed E-state index contributed by atoms with van der Waals surface area (Å²) in [6, 6.07) is 0.115. The second-order valence-electron chi connectivity index (χ2n) is 4.40. The van der Waals surface area contributed by atoms with Crippen molar-refractivity contribution in [3.63, 3.8) is 0 Å². The molecule has 1 aromatic heterocycles. The van der Waals surface area contributed by atoms with Gasteiger partial charge in [0.15, 0.2) is 5.75 Å². The molecule has 0 amide bonds. The summed E-state index contributed by atoms with van der Waals surface area (Å²) in [6.45, 7) is 4.60. The topological polar surface area (TPSA) is 53.4 Å². The van der Waals surface area contributed by atoms with Crippen LogP contribution in [-0.2, 0) is 4.74 Å². The Bertz CT molecular complexity index is 425. The van der Waals surface area contributed by atoms with Crippen LogP contribution in [0.5, 0.6) is 5.75 Å². The summed E-state index contributed by atoms with van der Waals surface area (Å²) in [5, 5.41) is 4.21. The molecule has 1 aliphatic heterocycles. The van der Waals surface area contributed by atoms with E-state index in [2.05, 4.69) is 5.10 Å². The van der Waals surface area contributed by atoms with E-state index < -0.39 is 0 Å². The third-order valence-electron chi connectivity index (χ3n) is 2.81. The monoisotopic (exact) mass is 270 g/mol. The highest BCUT2D eigenvalue weighted by Crippen LogP contribution is 2.25. The highest BCUT2D eigenvalue weighted by Gasteiger charge is 2.30. The second kappa shape index (κ2) is 5.75. The van der Waals surface area contributed by atoms with Crippen LogP contribution in [0.2, 0.25) is 0 Å². The number of rotatable bonds is 4. The van der Waals surface area contributed by atoms with Crippen molar-refractivity contribution in [2.45, 2.75) is 26.0 Å². The van der Waals surface area contributed by atoms with E-state index in [-0.39, 0.29) is 17.9 Å². The molecule has 1 unspecified atom stereocenters. The lowest BCUT2D eigenvalue weighted by atomic mass is 10.1. The van der Waals surface area contributed by atoms with Gasteiger partial charge in [-0.25, -0.2) is 0 Å². The molecule has 0 saturated carbocycles. The zero-order valence-corrected chi connectivity index (χ0v) is 11.7. The van der Waals surface area contributed by atoms with Gasteiger partial charge in [0.2, 0.25) is 5.78 Å². The molecule has 6 heteroatoms. The summed E-state index contributed by atoms with van der Waals surface area (Å²) in [5.41, 5.74) is 0.514. The van der Waals surface area contributed by atoms with Crippen LogP contribution in [-0.4, -0.2) is 46.9 Å². The Kier molecular flexibility index (Phi) is 4.29. The van der Waals surface area contributed by atoms with Crippen LogP contribution in [0, 0.1) is 0 Å². The van der Waals surface area contributed by atoms with Gasteiger partial charge in [0, 0.05) is 17.5 Å². The molecule has 0 N–H and O–H groups in total. The number of ether oxygens (including phenoxy) is 2. The predicted octanol–water partition coefficient (Wildman–Crippen LogP) is 1.79. The molecule has 18 heavy (non-hydrogen) atoms. The largest absolute Gasteiger partial charge is 0.493 e. The van der Waals surface area contributed by atoms with E-state index >= 15 is 0 Å². The van der Waals surface area contributed by atoms with Crippen molar-refractivity contribution in [3.8, 4) is 5.75 Å². The van der Waals surface area contributed by atoms with Crippen molar-refractivity contribution in [1.29, 1.82) is 0 Å². The lowest BCUT2D eigenvalue weighted by Gasteiger charge is -2.22. The quantitative estimate of drug-likeness (QED) is 0.781.